The Kier molecular flexibility index (Phi) is 4.82. The summed E-state index contributed by atoms with van der Waals surface area (Å²) in [6.45, 7) is 3.25. The first-order chi connectivity index (χ1) is 9.12. The van der Waals surface area contributed by atoms with Crippen LogP contribution in [0.5, 0.6) is 0 Å². The molecular formula is C14H23N3OS. The summed E-state index contributed by atoms with van der Waals surface area (Å²) in [5.74, 6) is 1.56. The van der Waals surface area contributed by atoms with Gasteiger partial charge < -0.3 is 15.7 Å². The van der Waals surface area contributed by atoms with Gasteiger partial charge in [0.1, 0.15) is 5.60 Å². The second kappa shape index (κ2) is 6.39. The third-order valence-corrected chi connectivity index (χ3v) is 4.78. The normalized spacial score (nSPS) is 19.6. The van der Waals surface area contributed by atoms with Crippen LogP contribution in [0.1, 0.15) is 31.1 Å². The van der Waals surface area contributed by atoms with E-state index in [1.54, 1.807) is 18.4 Å². The summed E-state index contributed by atoms with van der Waals surface area (Å²) in [5.41, 5.74) is -0.859. The van der Waals surface area contributed by atoms with E-state index < -0.39 is 5.60 Å². The smallest absolute Gasteiger partial charge is 0.191 e. The van der Waals surface area contributed by atoms with E-state index >= 15 is 0 Å². The summed E-state index contributed by atoms with van der Waals surface area (Å²) in [6, 6.07) is 3.91. The number of hydrogen-bond acceptors (Lipinski definition) is 3. The molecule has 0 saturated heterocycles. The van der Waals surface area contributed by atoms with Crippen LogP contribution in [-0.4, -0.2) is 31.2 Å². The van der Waals surface area contributed by atoms with E-state index in [0.717, 1.165) is 23.3 Å². The van der Waals surface area contributed by atoms with Crippen LogP contribution in [0.3, 0.4) is 0 Å². The Balaban J connectivity index is 1.78. The molecular weight excluding hydrogens is 258 g/mol. The first-order valence-electron chi connectivity index (χ1n) is 6.83. The highest BCUT2D eigenvalue weighted by Gasteiger charge is 2.24. The van der Waals surface area contributed by atoms with Gasteiger partial charge in [-0.1, -0.05) is 12.5 Å². The van der Waals surface area contributed by atoms with Crippen molar-refractivity contribution in [2.24, 2.45) is 10.9 Å². The van der Waals surface area contributed by atoms with Gasteiger partial charge >= 0.3 is 0 Å². The van der Waals surface area contributed by atoms with Gasteiger partial charge in [0.15, 0.2) is 5.96 Å². The molecule has 106 valence electrons. The standard InChI is InChI=1S/C14H23N3OS/c1-14(18,12-7-4-8-19-12)10-17-13(15-2)16-9-11-5-3-6-11/h4,7-8,11,18H,3,5-6,9-10H2,1-2H3,(H2,15,16,17). The van der Waals surface area contributed by atoms with Crippen molar-refractivity contribution in [3.63, 3.8) is 0 Å². The minimum atomic E-state index is -0.859. The number of aliphatic hydroxyl groups is 1. The summed E-state index contributed by atoms with van der Waals surface area (Å²) in [4.78, 5) is 5.16. The second-order valence-corrected chi connectivity index (χ2v) is 6.30. The molecule has 5 heteroatoms. The van der Waals surface area contributed by atoms with E-state index in [4.69, 9.17) is 0 Å². The fourth-order valence-corrected chi connectivity index (χ4v) is 2.87. The molecule has 0 radical (unpaired) electrons. The average Bonchev–Trinajstić information content (AvgIpc) is 2.85. The Labute approximate surface area is 119 Å². The Bertz CT molecular complexity index is 410. The van der Waals surface area contributed by atoms with Gasteiger partial charge in [0.25, 0.3) is 0 Å². The third-order valence-electron chi connectivity index (χ3n) is 3.66. The number of thiophene rings is 1. The molecule has 1 aromatic heterocycles. The number of nitrogens with one attached hydrogen (secondary N) is 2. The molecule has 3 N–H and O–H groups in total. The molecule has 0 spiro atoms. The lowest BCUT2D eigenvalue weighted by Crippen LogP contribution is -2.46. The Morgan fingerprint density at radius 3 is 2.84 bits per heavy atom. The van der Waals surface area contributed by atoms with Gasteiger partial charge in [-0.2, -0.15) is 0 Å². The fourth-order valence-electron chi connectivity index (χ4n) is 2.09. The van der Waals surface area contributed by atoms with E-state index in [-0.39, 0.29) is 0 Å². The Morgan fingerprint density at radius 2 is 2.32 bits per heavy atom. The van der Waals surface area contributed by atoms with Crippen molar-refractivity contribution in [1.82, 2.24) is 10.6 Å². The van der Waals surface area contributed by atoms with Crippen LogP contribution in [0.15, 0.2) is 22.5 Å². The van der Waals surface area contributed by atoms with Gasteiger partial charge in [-0.25, -0.2) is 0 Å². The first-order valence-corrected chi connectivity index (χ1v) is 7.70. The minimum absolute atomic E-state index is 0.456. The minimum Gasteiger partial charge on any atom is -0.383 e. The summed E-state index contributed by atoms with van der Waals surface area (Å²) in [5, 5.41) is 18.9. The predicted molar refractivity (Wildman–Crippen MR) is 80.6 cm³/mol. The lowest BCUT2D eigenvalue weighted by Gasteiger charge is -2.27. The highest BCUT2D eigenvalue weighted by Crippen LogP contribution is 2.25. The monoisotopic (exact) mass is 281 g/mol. The van der Waals surface area contributed by atoms with Gasteiger partial charge in [0.2, 0.25) is 0 Å². The summed E-state index contributed by atoms with van der Waals surface area (Å²) in [6.07, 6.45) is 3.99. The van der Waals surface area contributed by atoms with Crippen LogP contribution in [0.4, 0.5) is 0 Å². The predicted octanol–water partition coefficient (Wildman–Crippen LogP) is 1.92. The maximum atomic E-state index is 10.4. The SMILES string of the molecule is CN=C(NCC1CCC1)NCC(C)(O)c1cccs1. The lowest BCUT2D eigenvalue weighted by molar-refractivity contribution is 0.0655. The molecule has 0 aromatic carbocycles. The first kappa shape index (κ1) is 14.3. The molecule has 1 aromatic rings. The average molecular weight is 281 g/mol. The molecule has 1 fully saturated rings. The third kappa shape index (κ3) is 3.94. The maximum absolute atomic E-state index is 10.4. The number of guanidine groups is 1. The lowest BCUT2D eigenvalue weighted by atomic mass is 9.85. The van der Waals surface area contributed by atoms with E-state index in [1.165, 1.54) is 19.3 Å². The van der Waals surface area contributed by atoms with Crippen LogP contribution in [-0.2, 0) is 5.60 Å². The molecule has 0 amide bonds. The molecule has 1 aliphatic rings. The molecule has 2 rings (SSSR count). The molecule has 0 aliphatic heterocycles. The molecule has 1 atom stereocenters. The van der Waals surface area contributed by atoms with Gasteiger partial charge in [-0.05, 0) is 37.1 Å². The fraction of sp³-hybridized carbons (Fsp3) is 0.643. The Morgan fingerprint density at radius 1 is 1.53 bits per heavy atom. The molecule has 1 aliphatic carbocycles. The maximum Gasteiger partial charge on any atom is 0.191 e. The van der Waals surface area contributed by atoms with Crippen LogP contribution in [0.2, 0.25) is 0 Å². The molecule has 19 heavy (non-hydrogen) atoms. The van der Waals surface area contributed by atoms with Gasteiger partial charge in [0.05, 0.1) is 6.54 Å². The van der Waals surface area contributed by atoms with Gasteiger partial charge in [0, 0.05) is 18.5 Å². The highest BCUT2D eigenvalue weighted by atomic mass is 32.1. The molecule has 0 bridgehead atoms. The van der Waals surface area contributed by atoms with E-state index in [0.29, 0.717) is 6.54 Å². The van der Waals surface area contributed by atoms with Crippen molar-refractivity contribution >= 4 is 17.3 Å². The highest BCUT2D eigenvalue weighted by molar-refractivity contribution is 7.10. The quantitative estimate of drug-likeness (QED) is 0.571. The molecule has 1 heterocycles. The van der Waals surface area contributed by atoms with Crippen molar-refractivity contribution in [1.29, 1.82) is 0 Å². The zero-order chi connectivity index (χ0) is 13.7. The van der Waals surface area contributed by atoms with E-state index in [2.05, 4.69) is 15.6 Å². The van der Waals surface area contributed by atoms with Gasteiger partial charge in [-0.3, -0.25) is 4.99 Å². The van der Waals surface area contributed by atoms with Crippen molar-refractivity contribution in [3.8, 4) is 0 Å². The molecule has 4 nitrogen and oxygen atoms in total. The van der Waals surface area contributed by atoms with Crippen LogP contribution >= 0.6 is 11.3 Å². The summed E-state index contributed by atoms with van der Waals surface area (Å²) < 4.78 is 0. The summed E-state index contributed by atoms with van der Waals surface area (Å²) in [7, 11) is 1.76. The molecule has 1 unspecified atom stereocenters. The van der Waals surface area contributed by atoms with Crippen molar-refractivity contribution in [3.05, 3.63) is 22.4 Å². The molecule has 1 saturated carbocycles. The Hall–Kier alpha value is -1.07. The van der Waals surface area contributed by atoms with E-state index in [1.807, 2.05) is 24.4 Å². The topological polar surface area (TPSA) is 56.7 Å². The zero-order valence-electron chi connectivity index (χ0n) is 11.6. The number of aliphatic imine (C=N–C) groups is 1. The van der Waals surface area contributed by atoms with Crippen LogP contribution < -0.4 is 10.6 Å². The van der Waals surface area contributed by atoms with Crippen LogP contribution in [0.25, 0.3) is 0 Å². The summed E-state index contributed by atoms with van der Waals surface area (Å²) >= 11 is 1.57. The van der Waals surface area contributed by atoms with Crippen molar-refractivity contribution in [2.75, 3.05) is 20.1 Å². The second-order valence-electron chi connectivity index (χ2n) is 5.35. The van der Waals surface area contributed by atoms with E-state index in [9.17, 15) is 5.11 Å². The number of nitrogens with zero attached hydrogens (tertiary/aromatic N) is 1. The zero-order valence-corrected chi connectivity index (χ0v) is 12.5. The van der Waals surface area contributed by atoms with Crippen LogP contribution in [0, 0.1) is 5.92 Å². The number of hydrogen-bond donors (Lipinski definition) is 3. The van der Waals surface area contributed by atoms with Crippen molar-refractivity contribution in [2.45, 2.75) is 31.8 Å². The largest absolute Gasteiger partial charge is 0.383 e. The van der Waals surface area contributed by atoms with Gasteiger partial charge in [-0.15, -0.1) is 11.3 Å². The van der Waals surface area contributed by atoms with Crippen molar-refractivity contribution < 1.29 is 5.11 Å². The number of rotatable bonds is 5.